The van der Waals surface area contributed by atoms with Crippen molar-refractivity contribution in [2.24, 2.45) is 5.92 Å². The maximum atomic E-state index is 6.93. The third-order valence-electron chi connectivity index (χ3n) is 1.42. The van der Waals surface area contributed by atoms with Gasteiger partial charge in [-0.15, -0.1) is 0 Å². The zero-order valence-corrected chi connectivity index (χ0v) is 5.27. The van der Waals surface area contributed by atoms with E-state index in [1.54, 1.807) is 0 Å². The molecule has 1 fully saturated rings. The Kier molecular flexibility index (Phi) is 1.24. The van der Waals surface area contributed by atoms with Gasteiger partial charge in [0.2, 0.25) is 0 Å². The molecule has 1 heterocycles. The molecule has 0 spiro atoms. The molecule has 1 aliphatic rings. The first-order chi connectivity index (χ1) is 3.70. The molecule has 0 bridgehead atoms. The molecule has 0 saturated carbocycles. The lowest BCUT2D eigenvalue weighted by molar-refractivity contribution is 0.0747. The number of nitrogens with one attached hydrogen (secondary N) is 1. The van der Waals surface area contributed by atoms with Crippen LogP contribution in [0.4, 0.5) is 0 Å². The summed E-state index contributed by atoms with van der Waals surface area (Å²) >= 11 is 0. The van der Waals surface area contributed by atoms with Crippen molar-refractivity contribution in [1.29, 1.82) is 5.41 Å². The Morgan fingerprint density at radius 3 is 2.38 bits per heavy atom. The molecule has 2 nitrogen and oxygen atoms in total. The summed E-state index contributed by atoms with van der Waals surface area (Å²) in [5, 5.41) is 6.93. The highest BCUT2D eigenvalue weighted by Gasteiger charge is 2.27. The van der Waals surface area contributed by atoms with E-state index in [2.05, 4.69) is 13.8 Å². The van der Waals surface area contributed by atoms with Gasteiger partial charge in [-0.2, -0.15) is 0 Å². The lowest BCUT2D eigenvalue weighted by Crippen LogP contribution is -2.36. The normalized spacial score (nSPS) is 27.4. The van der Waals surface area contributed by atoms with Crippen molar-refractivity contribution in [2.75, 3.05) is 0 Å². The van der Waals surface area contributed by atoms with E-state index in [-0.39, 0.29) is 0 Å². The summed E-state index contributed by atoms with van der Waals surface area (Å²) in [5.41, 5.74) is 0. The monoisotopic (exact) mass is 113 g/mol. The maximum absolute atomic E-state index is 6.93. The zero-order valence-electron chi connectivity index (χ0n) is 5.27. The predicted molar refractivity (Wildman–Crippen MR) is 32.1 cm³/mol. The second kappa shape index (κ2) is 1.77. The average molecular weight is 113 g/mol. The minimum Gasteiger partial charge on any atom is -0.477 e. The third kappa shape index (κ3) is 0.831. The van der Waals surface area contributed by atoms with Gasteiger partial charge in [0.25, 0.3) is 0 Å². The predicted octanol–water partition coefficient (Wildman–Crippen LogP) is 1.41. The highest BCUT2D eigenvalue weighted by Crippen LogP contribution is 2.20. The standard InChI is InChI=1S/C6H11NO/c1-4(2)5-3-6(7)8-5/h4-5,7H,3H2,1-2H3. The molecule has 0 aliphatic carbocycles. The van der Waals surface area contributed by atoms with Crippen molar-refractivity contribution in [2.45, 2.75) is 26.4 Å². The highest BCUT2D eigenvalue weighted by atomic mass is 16.5. The van der Waals surface area contributed by atoms with Crippen LogP contribution < -0.4 is 0 Å². The van der Waals surface area contributed by atoms with Gasteiger partial charge in [-0.25, -0.2) is 0 Å². The SMILES string of the molecule is CC(C)C1CC(=N)O1. The molecule has 1 rings (SSSR count). The molecule has 46 valence electrons. The van der Waals surface area contributed by atoms with Crippen molar-refractivity contribution in [3.05, 3.63) is 0 Å². The minimum absolute atomic E-state index is 0.336. The van der Waals surface area contributed by atoms with E-state index in [4.69, 9.17) is 10.1 Å². The lowest BCUT2D eigenvalue weighted by Gasteiger charge is -2.30. The van der Waals surface area contributed by atoms with Crippen LogP contribution in [-0.2, 0) is 4.74 Å². The summed E-state index contributed by atoms with van der Waals surface area (Å²) < 4.78 is 4.98. The van der Waals surface area contributed by atoms with Crippen LogP contribution in [0.2, 0.25) is 0 Å². The summed E-state index contributed by atoms with van der Waals surface area (Å²) in [6.45, 7) is 4.22. The fourth-order valence-corrected chi connectivity index (χ4v) is 0.728. The van der Waals surface area contributed by atoms with E-state index < -0.39 is 0 Å². The van der Waals surface area contributed by atoms with Crippen molar-refractivity contribution >= 4 is 5.90 Å². The van der Waals surface area contributed by atoms with E-state index in [1.165, 1.54) is 0 Å². The van der Waals surface area contributed by atoms with Crippen LogP contribution in [0, 0.1) is 11.3 Å². The molecule has 0 amide bonds. The van der Waals surface area contributed by atoms with Gasteiger partial charge in [0.15, 0.2) is 5.90 Å². The molecular weight excluding hydrogens is 102 g/mol. The van der Waals surface area contributed by atoms with Gasteiger partial charge in [0, 0.05) is 0 Å². The average Bonchev–Trinajstić information content (AvgIpc) is 1.57. The molecule has 0 aromatic heterocycles. The van der Waals surface area contributed by atoms with Crippen molar-refractivity contribution in [3.63, 3.8) is 0 Å². The summed E-state index contributed by atoms with van der Waals surface area (Å²) in [5.74, 6) is 1.02. The Morgan fingerprint density at radius 2 is 2.25 bits per heavy atom. The molecule has 2 heteroatoms. The van der Waals surface area contributed by atoms with Crippen molar-refractivity contribution < 1.29 is 4.74 Å². The Hall–Kier alpha value is -0.530. The van der Waals surface area contributed by atoms with Gasteiger partial charge >= 0.3 is 0 Å². The van der Waals surface area contributed by atoms with Crippen molar-refractivity contribution in [3.8, 4) is 0 Å². The second-order valence-electron chi connectivity index (χ2n) is 2.53. The van der Waals surface area contributed by atoms with Crippen LogP contribution in [0.1, 0.15) is 20.3 Å². The van der Waals surface area contributed by atoms with Crippen LogP contribution in [0.3, 0.4) is 0 Å². The Morgan fingerprint density at radius 1 is 1.75 bits per heavy atom. The van der Waals surface area contributed by atoms with Gasteiger partial charge in [0.1, 0.15) is 6.10 Å². The smallest absolute Gasteiger partial charge is 0.184 e. The molecule has 0 radical (unpaired) electrons. The van der Waals surface area contributed by atoms with Gasteiger partial charge in [-0.3, -0.25) is 5.41 Å². The first kappa shape index (κ1) is 5.60. The largest absolute Gasteiger partial charge is 0.477 e. The topological polar surface area (TPSA) is 33.1 Å². The first-order valence-corrected chi connectivity index (χ1v) is 2.94. The molecule has 1 aliphatic heterocycles. The lowest BCUT2D eigenvalue weighted by atomic mass is 10.0. The molecule has 1 unspecified atom stereocenters. The van der Waals surface area contributed by atoms with Crippen LogP contribution in [0.15, 0.2) is 0 Å². The number of hydrogen-bond acceptors (Lipinski definition) is 2. The van der Waals surface area contributed by atoms with Crippen LogP contribution in [0.25, 0.3) is 0 Å². The summed E-state index contributed by atoms with van der Waals surface area (Å²) in [6, 6.07) is 0. The van der Waals surface area contributed by atoms with E-state index in [9.17, 15) is 0 Å². The number of ether oxygens (including phenoxy) is 1. The molecule has 0 aromatic rings. The van der Waals surface area contributed by atoms with Gasteiger partial charge in [0.05, 0.1) is 6.42 Å². The van der Waals surface area contributed by atoms with Crippen LogP contribution in [-0.4, -0.2) is 12.0 Å². The van der Waals surface area contributed by atoms with E-state index in [1.807, 2.05) is 0 Å². The fraction of sp³-hybridized carbons (Fsp3) is 0.833. The molecule has 1 atom stereocenters. The van der Waals surface area contributed by atoms with Gasteiger partial charge in [-0.1, -0.05) is 13.8 Å². The zero-order chi connectivity index (χ0) is 6.15. The Balaban J connectivity index is 2.25. The fourth-order valence-electron chi connectivity index (χ4n) is 0.728. The maximum Gasteiger partial charge on any atom is 0.184 e. The summed E-state index contributed by atoms with van der Waals surface area (Å²) in [6.07, 6.45) is 1.18. The van der Waals surface area contributed by atoms with Crippen LogP contribution >= 0.6 is 0 Å². The minimum atomic E-state index is 0.336. The Labute approximate surface area is 49.4 Å². The number of rotatable bonds is 1. The van der Waals surface area contributed by atoms with Gasteiger partial charge < -0.3 is 4.74 Å². The summed E-state index contributed by atoms with van der Waals surface area (Å²) in [4.78, 5) is 0. The number of hydrogen-bond donors (Lipinski definition) is 1. The van der Waals surface area contributed by atoms with Crippen LogP contribution in [0.5, 0.6) is 0 Å². The van der Waals surface area contributed by atoms with Crippen molar-refractivity contribution in [1.82, 2.24) is 0 Å². The molecule has 8 heavy (non-hydrogen) atoms. The Bertz CT molecular complexity index is 101. The van der Waals surface area contributed by atoms with Gasteiger partial charge in [-0.05, 0) is 5.92 Å². The van der Waals surface area contributed by atoms with E-state index >= 15 is 0 Å². The molecule has 1 N–H and O–H groups in total. The molecule has 1 saturated heterocycles. The highest BCUT2D eigenvalue weighted by molar-refractivity contribution is 5.78. The second-order valence-corrected chi connectivity index (χ2v) is 2.53. The molecule has 0 aromatic carbocycles. The summed E-state index contributed by atoms with van der Waals surface area (Å²) in [7, 11) is 0. The van der Waals surface area contributed by atoms with E-state index in [0.717, 1.165) is 6.42 Å². The third-order valence-corrected chi connectivity index (χ3v) is 1.42. The van der Waals surface area contributed by atoms with E-state index in [0.29, 0.717) is 17.9 Å². The molecular formula is C6H11NO. The first-order valence-electron chi connectivity index (χ1n) is 2.94. The quantitative estimate of drug-likeness (QED) is 0.548.